The number of para-hydroxylation sites is 4. The van der Waals surface area contributed by atoms with E-state index in [1.54, 1.807) is 43.2 Å². The third kappa shape index (κ3) is 10.2. The average molecular weight is 850 g/mol. The van der Waals surface area contributed by atoms with Crippen LogP contribution in [0.3, 0.4) is 0 Å². The molecule has 5 aromatic carbocycles. The highest BCUT2D eigenvalue weighted by Crippen LogP contribution is 2.36. The van der Waals surface area contributed by atoms with Crippen molar-refractivity contribution in [1.29, 1.82) is 0 Å². The molecular weight excluding hydrogens is 811 g/mol. The van der Waals surface area contributed by atoms with Gasteiger partial charge in [-0.05, 0) is 78.9 Å². The van der Waals surface area contributed by atoms with Gasteiger partial charge in [-0.3, -0.25) is 30.0 Å². The molecular formula is C50H39N15. The van der Waals surface area contributed by atoms with Gasteiger partial charge in [0.05, 0.1) is 0 Å². The molecule has 3 N–H and O–H groups in total. The summed E-state index contributed by atoms with van der Waals surface area (Å²) in [5.41, 5.74) is 6.75. The molecule has 6 heterocycles. The molecule has 6 aromatic heterocycles. The molecule has 0 saturated carbocycles. The van der Waals surface area contributed by atoms with Crippen molar-refractivity contribution in [3.63, 3.8) is 0 Å². The van der Waals surface area contributed by atoms with Gasteiger partial charge in [0.15, 0.2) is 29.1 Å². The van der Waals surface area contributed by atoms with Crippen molar-refractivity contribution >= 4 is 34.6 Å². The van der Waals surface area contributed by atoms with Gasteiger partial charge in [-0.2, -0.15) is 15.2 Å². The maximum absolute atomic E-state index is 4.90. The van der Waals surface area contributed by atoms with Crippen LogP contribution in [0.2, 0.25) is 0 Å². The average Bonchev–Trinajstić information content (AvgIpc) is 4.21. The molecule has 0 fully saturated rings. The molecule has 314 valence electrons. The maximum Gasteiger partial charge on any atom is 0.255 e. The highest BCUT2D eigenvalue weighted by molar-refractivity contribution is 5.76. The topological polar surface area (TPSA) is 183 Å². The number of nitrogens with zero attached hydrogens (tertiary/aromatic N) is 12. The fourth-order valence-electron chi connectivity index (χ4n) is 6.54. The molecule has 0 spiro atoms. The first-order chi connectivity index (χ1) is 32.3. The summed E-state index contributed by atoms with van der Waals surface area (Å²) in [7, 11) is 0. The number of aromatic amines is 3. The van der Waals surface area contributed by atoms with E-state index in [9.17, 15) is 0 Å². The highest BCUT2D eigenvalue weighted by atomic mass is 15.4. The van der Waals surface area contributed by atoms with E-state index in [-0.39, 0.29) is 0 Å². The van der Waals surface area contributed by atoms with E-state index in [1.807, 2.05) is 132 Å². The van der Waals surface area contributed by atoms with Gasteiger partial charge >= 0.3 is 0 Å². The number of benzene rings is 5. The molecule has 11 aromatic rings. The van der Waals surface area contributed by atoms with E-state index >= 15 is 0 Å². The number of anilines is 6. The summed E-state index contributed by atoms with van der Waals surface area (Å²) in [5, 5.41) is 21.8. The molecule has 0 aliphatic carbocycles. The molecule has 15 heteroatoms. The van der Waals surface area contributed by atoms with E-state index in [2.05, 4.69) is 114 Å². The lowest BCUT2D eigenvalue weighted by Gasteiger charge is -2.23. The van der Waals surface area contributed by atoms with E-state index in [4.69, 9.17) is 4.98 Å². The quantitative estimate of drug-likeness (QED) is 0.119. The summed E-state index contributed by atoms with van der Waals surface area (Å²) in [6, 6.07) is 59.7. The molecule has 0 atom stereocenters. The Morgan fingerprint density at radius 2 is 0.769 bits per heavy atom. The zero-order valence-electron chi connectivity index (χ0n) is 34.7. The smallest absolute Gasteiger partial charge is 0.255 e. The second-order valence-corrected chi connectivity index (χ2v) is 13.9. The fourth-order valence-corrected chi connectivity index (χ4v) is 6.54. The van der Waals surface area contributed by atoms with Crippen LogP contribution >= 0.6 is 0 Å². The number of H-pyrrole nitrogens is 3. The monoisotopic (exact) mass is 849 g/mol. The van der Waals surface area contributed by atoms with Crippen molar-refractivity contribution in [1.82, 2.24) is 65.5 Å². The van der Waals surface area contributed by atoms with E-state index < -0.39 is 0 Å². The van der Waals surface area contributed by atoms with E-state index in [0.717, 1.165) is 39.4 Å². The van der Waals surface area contributed by atoms with Crippen LogP contribution in [-0.4, -0.2) is 65.5 Å². The Hall–Kier alpha value is -9.50. The van der Waals surface area contributed by atoms with Gasteiger partial charge in [-0.1, -0.05) is 103 Å². The van der Waals surface area contributed by atoms with Crippen LogP contribution in [0.1, 0.15) is 0 Å². The van der Waals surface area contributed by atoms with Crippen molar-refractivity contribution < 1.29 is 0 Å². The van der Waals surface area contributed by atoms with Gasteiger partial charge < -0.3 is 0 Å². The summed E-state index contributed by atoms with van der Waals surface area (Å²) in [6.07, 6.45) is 10.3. The zero-order chi connectivity index (χ0) is 43.9. The Bertz CT molecular complexity index is 2680. The molecule has 15 nitrogen and oxygen atoms in total. The largest absolute Gasteiger partial charge is 0.280 e. The predicted octanol–water partition coefficient (Wildman–Crippen LogP) is 10.6. The van der Waals surface area contributed by atoms with E-state index in [0.29, 0.717) is 41.0 Å². The second kappa shape index (κ2) is 20.4. The number of nitrogens with one attached hydrogen (secondary N) is 3. The highest BCUT2D eigenvalue weighted by Gasteiger charge is 2.21. The Labute approximate surface area is 373 Å². The van der Waals surface area contributed by atoms with Crippen LogP contribution in [0, 0.1) is 0 Å². The van der Waals surface area contributed by atoms with Crippen LogP contribution in [0.5, 0.6) is 0 Å². The summed E-state index contributed by atoms with van der Waals surface area (Å²) >= 11 is 0. The van der Waals surface area contributed by atoms with Crippen molar-refractivity contribution in [2.75, 3.05) is 9.80 Å². The second-order valence-electron chi connectivity index (χ2n) is 13.9. The van der Waals surface area contributed by atoms with Gasteiger partial charge in [0.25, 0.3) is 5.95 Å². The summed E-state index contributed by atoms with van der Waals surface area (Å²) in [4.78, 5) is 34.1. The minimum absolute atomic E-state index is 0.544. The van der Waals surface area contributed by atoms with Gasteiger partial charge in [-0.15, -0.1) is 5.10 Å². The molecule has 0 bridgehead atoms. The number of hydrogen-bond acceptors (Lipinski definition) is 12. The number of hydrogen-bond donors (Lipinski definition) is 3. The van der Waals surface area contributed by atoms with Crippen LogP contribution in [0.15, 0.2) is 219 Å². The molecule has 0 unspecified atom stereocenters. The Kier molecular flexibility index (Phi) is 12.8. The third-order valence-corrected chi connectivity index (χ3v) is 9.57. The first-order valence-corrected chi connectivity index (χ1v) is 20.5. The molecule has 11 rings (SSSR count). The number of rotatable bonds is 10. The van der Waals surface area contributed by atoms with Crippen molar-refractivity contribution in [3.8, 4) is 45.8 Å². The molecule has 0 aliphatic rings. The van der Waals surface area contributed by atoms with Crippen molar-refractivity contribution in [3.05, 3.63) is 219 Å². The summed E-state index contributed by atoms with van der Waals surface area (Å²) in [5.74, 6) is 4.32. The lowest BCUT2D eigenvalue weighted by molar-refractivity contribution is 1.04. The SMILES string of the molecule is c1ccc(-c2n[nH]c(-c3ncccn3)n2)cc1.c1ccc(N(c2ccccc2)c2n[nH]c(N(c3ccccc3)c3ccccc3)n2)cc1.c1cncc(-c2n[nH]c(-c3cccnc3)n2)c1. The van der Waals surface area contributed by atoms with Crippen LogP contribution in [0.4, 0.5) is 34.6 Å². The first kappa shape index (κ1) is 40.9. The number of aromatic nitrogens is 13. The van der Waals surface area contributed by atoms with Gasteiger partial charge in [0.2, 0.25) is 5.95 Å². The number of pyridine rings is 2. The lowest BCUT2D eigenvalue weighted by Crippen LogP contribution is -2.13. The molecule has 65 heavy (non-hydrogen) atoms. The zero-order valence-corrected chi connectivity index (χ0v) is 34.7. The third-order valence-electron chi connectivity index (χ3n) is 9.57. The van der Waals surface area contributed by atoms with E-state index in [1.165, 1.54) is 0 Å². The molecule has 0 amide bonds. The maximum atomic E-state index is 4.90. The minimum atomic E-state index is 0.544. The van der Waals surface area contributed by atoms with Crippen molar-refractivity contribution in [2.45, 2.75) is 0 Å². The first-order valence-electron chi connectivity index (χ1n) is 20.5. The molecule has 0 radical (unpaired) electrons. The van der Waals surface area contributed by atoms with Gasteiger partial charge in [-0.25, -0.2) is 25.0 Å². The summed E-state index contributed by atoms with van der Waals surface area (Å²) in [6.45, 7) is 0. The fraction of sp³-hybridized carbons (Fsp3) is 0. The Morgan fingerprint density at radius 1 is 0.323 bits per heavy atom. The summed E-state index contributed by atoms with van der Waals surface area (Å²) < 4.78 is 0. The predicted molar refractivity (Wildman–Crippen MR) is 251 cm³/mol. The van der Waals surface area contributed by atoms with Crippen LogP contribution in [-0.2, 0) is 0 Å². The Balaban J connectivity index is 0.000000133. The van der Waals surface area contributed by atoms with Crippen LogP contribution < -0.4 is 9.80 Å². The Morgan fingerprint density at radius 3 is 1.29 bits per heavy atom. The normalized spacial score (nSPS) is 10.5. The van der Waals surface area contributed by atoms with Crippen LogP contribution in [0.25, 0.3) is 45.8 Å². The minimum Gasteiger partial charge on any atom is -0.280 e. The lowest BCUT2D eigenvalue weighted by atomic mass is 10.2. The molecule has 0 saturated heterocycles. The molecule has 0 aliphatic heterocycles. The van der Waals surface area contributed by atoms with Gasteiger partial charge in [0, 0.05) is 76.6 Å². The standard InChI is InChI=1S/C26H21N5.2C12H9N5/c1-5-13-21(14-6-1)30(22-15-7-2-8-16-22)25-27-26(29-28-25)31(23-17-9-3-10-18-23)24-19-11-4-12-20-24;1-3-9(7-13-5-1)11-15-12(17-16-11)10-4-2-6-14-8-10;1-2-5-9(6-3-1)10-15-12(17-16-10)11-13-7-4-8-14-11/h1-20H,(H,27,28,29);2*1-8H,(H,15,16,17). The van der Waals surface area contributed by atoms with Gasteiger partial charge in [0.1, 0.15) is 0 Å². The van der Waals surface area contributed by atoms with Crippen molar-refractivity contribution in [2.24, 2.45) is 0 Å².